The molecule has 2 aliphatic rings. The molecule has 0 unspecified atom stereocenters. The first-order valence-electron chi connectivity index (χ1n) is 8.65. The van der Waals surface area contributed by atoms with Gasteiger partial charge in [-0.25, -0.2) is 13.1 Å². The summed E-state index contributed by atoms with van der Waals surface area (Å²) in [6, 6.07) is 1.80. The second-order valence-corrected chi connectivity index (χ2v) is 8.85. The Bertz CT molecular complexity index is 679. The van der Waals surface area contributed by atoms with E-state index < -0.39 is 15.3 Å². The molecule has 0 aromatic carbocycles. The third-order valence-electron chi connectivity index (χ3n) is 4.86. The molecule has 1 atom stereocenters. The highest BCUT2D eigenvalue weighted by atomic mass is 32.2. The summed E-state index contributed by atoms with van der Waals surface area (Å²) in [6.45, 7) is 2.64. The van der Waals surface area contributed by atoms with Crippen LogP contribution in [0, 0.1) is 6.92 Å². The van der Waals surface area contributed by atoms with Crippen molar-refractivity contribution < 1.29 is 17.7 Å². The number of amides is 1. The third-order valence-corrected chi connectivity index (χ3v) is 6.79. The van der Waals surface area contributed by atoms with Crippen LogP contribution in [0.15, 0.2) is 10.6 Å². The van der Waals surface area contributed by atoms with Crippen LogP contribution in [0.5, 0.6) is 0 Å². The smallest absolute Gasteiger partial charge is 0.228 e. The average Bonchev–Trinajstić information content (AvgIpc) is 3.19. The zero-order valence-corrected chi connectivity index (χ0v) is 14.8. The van der Waals surface area contributed by atoms with Crippen LogP contribution in [-0.4, -0.2) is 48.8 Å². The normalized spacial score (nSPS) is 22.9. The van der Waals surface area contributed by atoms with Crippen molar-refractivity contribution in [3.63, 3.8) is 0 Å². The van der Waals surface area contributed by atoms with Gasteiger partial charge in [-0.2, -0.15) is 0 Å². The van der Waals surface area contributed by atoms with Gasteiger partial charge in [0, 0.05) is 25.2 Å². The lowest BCUT2D eigenvalue weighted by atomic mass is 10.1. The quantitative estimate of drug-likeness (QED) is 0.861. The Labute approximate surface area is 142 Å². The van der Waals surface area contributed by atoms with Crippen LogP contribution < -0.4 is 4.72 Å². The Morgan fingerprint density at radius 3 is 2.75 bits per heavy atom. The summed E-state index contributed by atoms with van der Waals surface area (Å²) in [5.74, 6) is 0.571. The number of aryl methyl sites for hydroxylation is 1. The minimum atomic E-state index is -3.38. The molecular formula is C16H25N3O4S. The van der Waals surface area contributed by atoms with E-state index in [2.05, 4.69) is 9.88 Å². The fourth-order valence-electron chi connectivity index (χ4n) is 3.56. The molecule has 0 radical (unpaired) electrons. The van der Waals surface area contributed by atoms with E-state index in [1.807, 2.05) is 0 Å². The highest BCUT2D eigenvalue weighted by molar-refractivity contribution is 7.90. The number of hydrogen-bond acceptors (Lipinski definition) is 5. The van der Waals surface area contributed by atoms with Crippen LogP contribution >= 0.6 is 0 Å². The van der Waals surface area contributed by atoms with Crippen LogP contribution in [0.3, 0.4) is 0 Å². The highest BCUT2D eigenvalue weighted by Gasteiger charge is 2.34. The molecule has 1 saturated heterocycles. The van der Waals surface area contributed by atoms with Gasteiger partial charge in [0.05, 0.1) is 17.4 Å². The number of carbonyl (C=O) groups excluding carboxylic acids is 1. The lowest BCUT2D eigenvalue weighted by molar-refractivity contribution is -0.131. The van der Waals surface area contributed by atoms with Crippen LogP contribution in [0.25, 0.3) is 0 Å². The minimum Gasteiger partial charge on any atom is -0.361 e. The van der Waals surface area contributed by atoms with Gasteiger partial charge in [-0.15, -0.1) is 0 Å². The van der Waals surface area contributed by atoms with E-state index in [4.69, 9.17) is 4.52 Å². The maximum absolute atomic E-state index is 12.6. The molecule has 1 aliphatic carbocycles. The molecule has 2 fully saturated rings. The van der Waals surface area contributed by atoms with E-state index in [1.165, 1.54) is 0 Å². The summed E-state index contributed by atoms with van der Waals surface area (Å²) >= 11 is 0. The monoisotopic (exact) mass is 355 g/mol. The molecule has 0 spiro atoms. The molecule has 3 rings (SSSR count). The van der Waals surface area contributed by atoms with Crippen molar-refractivity contribution in [3.05, 3.63) is 17.5 Å². The first-order chi connectivity index (χ1) is 11.4. The van der Waals surface area contributed by atoms with Gasteiger partial charge in [0.2, 0.25) is 15.9 Å². The topological polar surface area (TPSA) is 92.5 Å². The molecule has 1 aromatic heterocycles. The molecule has 134 valence electrons. The fourth-order valence-corrected chi connectivity index (χ4v) is 5.30. The average molecular weight is 355 g/mol. The van der Waals surface area contributed by atoms with E-state index in [-0.39, 0.29) is 24.9 Å². The second-order valence-electron chi connectivity index (χ2n) is 6.85. The Morgan fingerprint density at radius 2 is 2.08 bits per heavy atom. The number of likely N-dealkylation sites (tertiary alicyclic amines) is 1. The van der Waals surface area contributed by atoms with E-state index in [0.717, 1.165) is 25.7 Å². The largest absolute Gasteiger partial charge is 0.361 e. The molecule has 1 aromatic rings. The summed E-state index contributed by atoms with van der Waals surface area (Å²) in [6.07, 6.45) is 5.47. The van der Waals surface area contributed by atoms with Crippen molar-refractivity contribution in [2.45, 2.75) is 63.2 Å². The predicted molar refractivity (Wildman–Crippen MR) is 88.9 cm³/mol. The summed E-state index contributed by atoms with van der Waals surface area (Å²) < 4.78 is 33.0. The molecule has 1 N–H and O–H groups in total. The lowest BCUT2D eigenvalue weighted by Crippen LogP contribution is -2.50. The fraction of sp³-hybridized carbons (Fsp3) is 0.750. The number of piperidine rings is 1. The summed E-state index contributed by atoms with van der Waals surface area (Å²) in [5, 5.41) is 3.32. The van der Waals surface area contributed by atoms with Gasteiger partial charge < -0.3 is 9.42 Å². The van der Waals surface area contributed by atoms with Crippen molar-refractivity contribution in [1.29, 1.82) is 0 Å². The number of nitrogens with one attached hydrogen (secondary N) is 1. The first-order valence-corrected chi connectivity index (χ1v) is 10.2. The highest BCUT2D eigenvalue weighted by Crippen LogP contribution is 2.22. The van der Waals surface area contributed by atoms with Gasteiger partial charge in [0.1, 0.15) is 5.76 Å². The van der Waals surface area contributed by atoms with Gasteiger partial charge in [-0.3, -0.25) is 4.79 Å². The first kappa shape index (κ1) is 17.4. The van der Waals surface area contributed by atoms with Gasteiger partial charge in [0.15, 0.2) is 0 Å². The van der Waals surface area contributed by atoms with Crippen LogP contribution in [0.1, 0.15) is 50.0 Å². The summed E-state index contributed by atoms with van der Waals surface area (Å²) in [4.78, 5) is 14.1. The maximum Gasteiger partial charge on any atom is 0.228 e. The van der Waals surface area contributed by atoms with Crippen molar-refractivity contribution in [2.24, 2.45) is 0 Å². The zero-order chi connectivity index (χ0) is 17.2. The lowest BCUT2D eigenvalue weighted by Gasteiger charge is -2.33. The van der Waals surface area contributed by atoms with Crippen molar-refractivity contribution in [2.75, 3.05) is 13.1 Å². The Hall–Kier alpha value is -1.41. The molecule has 24 heavy (non-hydrogen) atoms. The van der Waals surface area contributed by atoms with E-state index in [9.17, 15) is 13.2 Å². The van der Waals surface area contributed by atoms with Gasteiger partial charge in [-0.1, -0.05) is 18.0 Å². The molecule has 7 nitrogen and oxygen atoms in total. The van der Waals surface area contributed by atoms with Gasteiger partial charge in [-0.05, 0) is 32.6 Å². The second kappa shape index (κ2) is 7.23. The Balaban J connectivity index is 1.59. The van der Waals surface area contributed by atoms with Crippen LogP contribution in [-0.2, 0) is 21.2 Å². The van der Waals surface area contributed by atoms with Crippen molar-refractivity contribution in [3.8, 4) is 0 Å². The SMILES string of the molecule is Cc1cc(CC(=O)N2CCC[C@H](S(=O)(=O)NC3CCCC3)C2)no1. The molecule has 0 bridgehead atoms. The standard InChI is InChI=1S/C16H25N3O4S/c1-12-9-14(17-23-12)10-16(20)19-8-4-7-15(11-19)24(21,22)18-13-5-2-3-6-13/h9,13,15,18H,2-8,10-11H2,1H3/t15-/m0/s1. The molecule has 1 aliphatic heterocycles. The summed E-state index contributed by atoms with van der Waals surface area (Å²) in [5.41, 5.74) is 0.589. The Morgan fingerprint density at radius 1 is 1.33 bits per heavy atom. The van der Waals surface area contributed by atoms with E-state index in [0.29, 0.717) is 30.8 Å². The summed E-state index contributed by atoms with van der Waals surface area (Å²) in [7, 11) is -3.38. The number of hydrogen-bond donors (Lipinski definition) is 1. The number of nitrogens with zero attached hydrogens (tertiary/aromatic N) is 2. The number of rotatable bonds is 5. The number of carbonyl (C=O) groups is 1. The zero-order valence-electron chi connectivity index (χ0n) is 14.0. The van der Waals surface area contributed by atoms with Gasteiger partial charge >= 0.3 is 0 Å². The van der Waals surface area contributed by atoms with Crippen LogP contribution in [0.4, 0.5) is 0 Å². The third kappa shape index (κ3) is 4.16. The number of aromatic nitrogens is 1. The maximum atomic E-state index is 12.6. The Kier molecular flexibility index (Phi) is 5.24. The number of sulfonamides is 1. The van der Waals surface area contributed by atoms with E-state index in [1.54, 1.807) is 17.9 Å². The van der Waals surface area contributed by atoms with Crippen molar-refractivity contribution in [1.82, 2.24) is 14.8 Å². The predicted octanol–water partition coefficient (Wildman–Crippen LogP) is 1.38. The molecule has 1 amide bonds. The van der Waals surface area contributed by atoms with Gasteiger partial charge in [0.25, 0.3) is 0 Å². The van der Waals surface area contributed by atoms with E-state index >= 15 is 0 Å². The van der Waals surface area contributed by atoms with Crippen molar-refractivity contribution >= 4 is 15.9 Å². The molecule has 2 heterocycles. The molecule has 1 saturated carbocycles. The minimum absolute atomic E-state index is 0.0687. The molecular weight excluding hydrogens is 330 g/mol. The molecule has 8 heteroatoms. The van der Waals surface area contributed by atoms with Crippen LogP contribution in [0.2, 0.25) is 0 Å².